The van der Waals surface area contributed by atoms with Gasteiger partial charge in [0.25, 0.3) is 0 Å². The van der Waals surface area contributed by atoms with Crippen molar-refractivity contribution in [3.63, 3.8) is 0 Å². The Labute approximate surface area is 135 Å². The van der Waals surface area contributed by atoms with Crippen molar-refractivity contribution in [3.8, 4) is 0 Å². The highest BCUT2D eigenvalue weighted by Gasteiger charge is 2.09. The molecule has 22 heavy (non-hydrogen) atoms. The molecule has 0 aliphatic heterocycles. The average molecular weight is 334 g/mol. The second-order valence-electron chi connectivity index (χ2n) is 4.51. The van der Waals surface area contributed by atoms with Gasteiger partial charge in [0.2, 0.25) is 0 Å². The molecule has 0 aliphatic rings. The number of hydrogen-bond donors (Lipinski definition) is 1. The zero-order valence-electron chi connectivity index (χ0n) is 11.1. The maximum absolute atomic E-state index is 11.9. The number of aliphatic hydroxyl groups excluding tert-OH is 1. The second-order valence-corrected chi connectivity index (χ2v) is 5.35. The minimum absolute atomic E-state index is 0.0211. The summed E-state index contributed by atoms with van der Waals surface area (Å²) in [6.45, 7) is 0. The van der Waals surface area contributed by atoms with Gasteiger partial charge in [0.15, 0.2) is 11.3 Å². The SMILES string of the molecule is O=c1oc2cc(Cl)ccc2nc1C=C(O)c1ccccc1Cl. The monoisotopic (exact) mass is 333 g/mol. The van der Waals surface area contributed by atoms with Gasteiger partial charge in [0.05, 0.1) is 5.02 Å². The van der Waals surface area contributed by atoms with Crippen LogP contribution in [-0.2, 0) is 0 Å². The summed E-state index contributed by atoms with van der Waals surface area (Å²) < 4.78 is 5.15. The third kappa shape index (κ3) is 2.84. The Morgan fingerprint density at radius 1 is 1.18 bits per heavy atom. The normalized spacial score (nSPS) is 11.8. The fourth-order valence-corrected chi connectivity index (χ4v) is 2.35. The molecule has 1 aromatic heterocycles. The summed E-state index contributed by atoms with van der Waals surface area (Å²) in [6, 6.07) is 11.5. The lowest BCUT2D eigenvalue weighted by atomic mass is 10.1. The third-order valence-electron chi connectivity index (χ3n) is 3.00. The average Bonchev–Trinajstić information content (AvgIpc) is 2.48. The molecule has 1 N–H and O–H groups in total. The summed E-state index contributed by atoms with van der Waals surface area (Å²) in [5.41, 5.74) is 0.455. The Morgan fingerprint density at radius 3 is 2.73 bits per heavy atom. The molecule has 4 nitrogen and oxygen atoms in total. The first-order valence-corrected chi connectivity index (χ1v) is 7.06. The minimum atomic E-state index is -0.673. The Morgan fingerprint density at radius 2 is 1.95 bits per heavy atom. The molecule has 0 unspecified atom stereocenters. The van der Waals surface area contributed by atoms with Crippen LogP contribution in [0.5, 0.6) is 0 Å². The van der Waals surface area contributed by atoms with Crippen LogP contribution in [0, 0.1) is 0 Å². The summed E-state index contributed by atoms with van der Waals surface area (Å²) in [5, 5.41) is 10.9. The molecule has 0 saturated carbocycles. The number of halogens is 2. The molecule has 1 heterocycles. The highest BCUT2D eigenvalue weighted by molar-refractivity contribution is 6.32. The van der Waals surface area contributed by atoms with E-state index in [2.05, 4.69) is 4.98 Å². The smallest absolute Gasteiger partial charge is 0.362 e. The molecule has 0 amide bonds. The third-order valence-corrected chi connectivity index (χ3v) is 3.56. The van der Waals surface area contributed by atoms with E-state index in [0.717, 1.165) is 0 Å². The Hall–Kier alpha value is -2.30. The number of nitrogens with zero attached hydrogens (tertiary/aromatic N) is 1. The fourth-order valence-electron chi connectivity index (χ4n) is 1.96. The van der Waals surface area contributed by atoms with E-state index in [1.165, 1.54) is 12.1 Å². The maximum Gasteiger partial charge on any atom is 0.362 e. The molecule has 0 atom stereocenters. The number of fused-ring (bicyclic) bond motifs is 1. The van der Waals surface area contributed by atoms with Crippen LogP contribution < -0.4 is 5.63 Å². The molecule has 6 heteroatoms. The van der Waals surface area contributed by atoms with Crippen LogP contribution in [0.15, 0.2) is 51.7 Å². The predicted molar refractivity (Wildman–Crippen MR) is 87.2 cm³/mol. The van der Waals surface area contributed by atoms with E-state index < -0.39 is 5.63 Å². The number of hydrogen-bond acceptors (Lipinski definition) is 4. The van der Waals surface area contributed by atoms with Crippen LogP contribution in [0.2, 0.25) is 10.0 Å². The van der Waals surface area contributed by atoms with Crippen molar-refractivity contribution in [2.75, 3.05) is 0 Å². The molecular formula is C16H9Cl2NO3. The number of aromatic nitrogens is 1. The fraction of sp³-hybridized carbons (Fsp3) is 0. The van der Waals surface area contributed by atoms with Gasteiger partial charge in [-0.05, 0) is 24.3 Å². The van der Waals surface area contributed by atoms with E-state index in [4.69, 9.17) is 27.6 Å². The van der Waals surface area contributed by atoms with Crippen molar-refractivity contribution in [2.45, 2.75) is 0 Å². The van der Waals surface area contributed by atoms with E-state index >= 15 is 0 Å². The summed E-state index contributed by atoms with van der Waals surface area (Å²) in [7, 11) is 0. The Bertz CT molecular complexity index is 948. The summed E-state index contributed by atoms with van der Waals surface area (Å²) >= 11 is 11.8. The molecule has 0 spiro atoms. The molecule has 110 valence electrons. The molecule has 3 rings (SSSR count). The highest BCUT2D eigenvalue weighted by Crippen LogP contribution is 2.23. The first kappa shape index (κ1) is 14.6. The van der Waals surface area contributed by atoms with Gasteiger partial charge in [-0.2, -0.15) is 0 Å². The van der Waals surface area contributed by atoms with E-state index in [1.54, 1.807) is 36.4 Å². The molecular weight excluding hydrogens is 325 g/mol. The van der Waals surface area contributed by atoms with Crippen molar-refractivity contribution in [1.82, 2.24) is 4.98 Å². The summed E-state index contributed by atoms with van der Waals surface area (Å²) in [5.74, 6) is -0.168. The van der Waals surface area contributed by atoms with Gasteiger partial charge in [0.1, 0.15) is 11.3 Å². The van der Waals surface area contributed by atoms with Gasteiger partial charge in [-0.15, -0.1) is 0 Å². The first-order chi connectivity index (χ1) is 10.5. The van der Waals surface area contributed by atoms with Crippen LogP contribution >= 0.6 is 23.2 Å². The van der Waals surface area contributed by atoms with Gasteiger partial charge >= 0.3 is 5.63 Å². The lowest BCUT2D eigenvalue weighted by molar-refractivity contribution is 0.514. The molecule has 2 aromatic carbocycles. The van der Waals surface area contributed by atoms with Crippen LogP contribution in [0.1, 0.15) is 11.3 Å². The van der Waals surface area contributed by atoms with Gasteiger partial charge in [-0.3, -0.25) is 0 Å². The van der Waals surface area contributed by atoms with Crippen molar-refractivity contribution in [3.05, 3.63) is 74.2 Å². The van der Waals surface area contributed by atoms with E-state index in [0.29, 0.717) is 21.1 Å². The van der Waals surface area contributed by atoms with Crippen molar-refractivity contribution in [2.24, 2.45) is 0 Å². The number of rotatable bonds is 2. The first-order valence-electron chi connectivity index (χ1n) is 6.30. The summed E-state index contributed by atoms with van der Waals surface area (Å²) in [4.78, 5) is 16.1. The topological polar surface area (TPSA) is 63.3 Å². The van der Waals surface area contributed by atoms with Gasteiger partial charge < -0.3 is 9.52 Å². The van der Waals surface area contributed by atoms with Crippen molar-refractivity contribution >= 4 is 46.1 Å². The summed E-state index contributed by atoms with van der Waals surface area (Å²) in [6.07, 6.45) is 1.22. The van der Waals surface area contributed by atoms with Crippen LogP contribution in [0.25, 0.3) is 22.9 Å². The highest BCUT2D eigenvalue weighted by atomic mass is 35.5. The van der Waals surface area contributed by atoms with Gasteiger partial charge in [-0.25, -0.2) is 9.78 Å². The van der Waals surface area contributed by atoms with Crippen LogP contribution in [0.3, 0.4) is 0 Å². The largest absolute Gasteiger partial charge is 0.507 e. The molecule has 0 bridgehead atoms. The molecule has 0 aliphatic carbocycles. The zero-order valence-corrected chi connectivity index (χ0v) is 12.6. The standard InChI is InChI=1S/C16H9Cl2NO3/c17-9-5-6-12-15(7-9)22-16(21)13(19-12)8-14(20)10-3-1-2-4-11(10)18/h1-8,20H. The molecule has 0 radical (unpaired) electrons. The van der Waals surface area contributed by atoms with E-state index in [9.17, 15) is 9.90 Å². The lowest BCUT2D eigenvalue weighted by Crippen LogP contribution is -2.06. The minimum Gasteiger partial charge on any atom is -0.507 e. The van der Waals surface area contributed by atoms with Crippen LogP contribution in [0.4, 0.5) is 0 Å². The zero-order chi connectivity index (χ0) is 15.7. The second kappa shape index (κ2) is 5.83. The van der Waals surface area contributed by atoms with Crippen molar-refractivity contribution in [1.29, 1.82) is 0 Å². The number of aliphatic hydroxyl groups is 1. The quantitative estimate of drug-likeness (QED) is 0.698. The molecule has 0 saturated heterocycles. The molecule has 3 aromatic rings. The van der Waals surface area contributed by atoms with E-state index in [1.807, 2.05) is 0 Å². The number of benzene rings is 2. The van der Waals surface area contributed by atoms with Crippen molar-refractivity contribution < 1.29 is 9.52 Å². The predicted octanol–water partition coefficient (Wildman–Crippen LogP) is 4.55. The van der Waals surface area contributed by atoms with Crippen LogP contribution in [-0.4, -0.2) is 10.1 Å². The van der Waals surface area contributed by atoms with E-state index in [-0.39, 0.29) is 17.0 Å². The molecule has 0 fully saturated rings. The van der Waals surface area contributed by atoms with Gasteiger partial charge in [0, 0.05) is 22.7 Å². The van der Waals surface area contributed by atoms with Gasteiger partial charge in [-0.1, -0.05) is 35.3 Å². The maximum atomic E-state index is 11.9. The lowest BCUT2D eigenvalue weighted by Gasteiger charge is -2.03. The Balaban J connectivity index is 2.12. The Kier molecular flexibility index (Phi) is 3.88.